The molecule has 1 N–H and O–H groups in total. The highest BCUT2D eigenvalue weighted by Gasteiger charge is 1.92. The third-order valence-electron chi connectivity index (χ3n) is 3.19. The van der Waals surface area contributed by atoms with E-state index in [1.807, 2.05) is 6.08 Å². The Bertz CT molecular complexity index is 209. The van der Waals surface area contributed by atoms with E-state index in [4.69, 9.17) is 9.84 Å². The molecule has 0 amide bonds. The fraction of sp³-hybridized carbons (Fsp3) is 0.765. The summed E-state index contributed by atoms with van der Waals surface area (Å²) in [5.74, 6) is 0. The lowest BCUT2D eigenvalue weighted by Gasteiger charge is -2.02. The van der Waals surface area contributed by atoms with Crippen LogP contribution in [0.1, 0.15) is 77.6 Å². The van der Waals surface area contributed by atoms with Crippen LogP contribution in [0.3, 0.4) is 0 Å². The molecule has 0 aliphatic heterocycles. The van der Waals surface area contributed by atoms with Crippen molar-refractivity contribution in [2.24, 2.45) is 0 Å². The number of aliphatic hydroxyl groups is 1. The molecule has 0 aromatic carbocycles. The Kier molecular flexibility index (Phi) is 16.3. The van der Waals surface area contributed by atoms with Crippen molar-refractivity contribution in [1.29, 1.82) is 0 Å². The molecule has 0 radical (unpaired) electrons. The van der Waals surface area contributed by atoms with Gasteiger partial charge in [-0.25, -0.2) is 0 Å². The van der Waals surface area contributed by atoms with Crippen LogP contribution in [0.2, 0.25) is 0 Å². The molecular formula is C17H32O2. The van der Waals surface area contributed by atoms with Gasteiger partial charge in [0, 0.05) is 0 Å². The van der Waals surface area contributed by atoms with Crippen LogP contribution in [-0.4, -0.2) is 11.7 Å². The van der Waals surface area contributed by atoms with Crippen molar-refractivity contribution in [2.45, 2.75) is 77.6 Å². The number of allylic oxidation sites excluding steroid dienone is 2. The van der Waals surface area contributed by atoms with Crippen molar-refractivity contribution in [3.8, 4) is 0 Å². The molecule has 0 saturated carbocycles. The predicted molar refractivity (Wildman–Crippen MR) is 83.3 cm³/mol. The summed E-state index contributed by atoms with van der Waals surface area (Å²) >= 11 is 0. The second-order valence-corrected chi connectivity index (χ2v) is 5.05. The van der Waals surface area contributed by atoms with Crippen LogP contribution in [0.5, 0.6) is 0 Å². The largest absolute Gasteiger partial charge is 0.516 e. The van der Waals surface area contributed by atoms with Gasteiger partial charge in [0.1, 0.15) is 0 Å². The molecule has 2 heteroatoms. The van der Waals surface area contributed by atoms with E-state index in [1.54, 1.807) is 12.3 Å². The molecule has 0 aliphatic rings. The van der Waals surface area contributed by atoms with Crippen molar-refractivity contribution in [2.75, 3.05) is 6.61 Å². The Balaban J connectivity index is 3.00. The molecule has 0 spiro atoms. The van der Waals surface area contributed by atoms with Crippen molar-refractivity contribution < 1.29 is 9.84 Å². The quantitative estimate of drug-likeness (QED) is 0.314. The van der Waals surface area contributed by atoms with Crippen LogP contribution in [0.25, 0.3) is 0 Å². The highest BCUT2D eigenvalue weighted by molar-refractivity contribution is 4.85. The highest BCUT2D eigenvalue weighted by Crippen LogP contribution is 2.10. The van der Waals surface area contributed by atoms with Gasteiger partial charge in [0.2, 0.25) is 0 Å². The Morgan fingerprint density at radius 3 is 1.95 bits per heavy atom. The summed E-state index contributed by atoms with van der Waals surface area (Å²) in [7, 11) is 0. The zero-order valence-electron chi connectivity index (χ0n) is 12.7. The molecule has 0 fully saturated rings. The van der Waals surface area contributed by atoms with E-state index in [2.05, 4.69) is 6.92 Å². The van der Waals surface area contributed by atoms with Crippen LogP contribution in [-0.2, 0) is 4.74 Å². The first-order valence-corrected chi connectivity index (χ1v) is 7.97. The lowest BCUT2D eigenvalue weighted by Crippen LogP contribution is -1.88. The summed E-state index contributed by atoms with van der Waals surface area (Å²) in [6, 6.07) is 0. The number of unbranched alkanes of at least 4 members (excludes halogenated alkanes) is 9. The molecule has 0 aliphatic carbocycles. The topological polar surface area (TPSA) is 29.5 Å². The second kappa shape index (κ2) is 17.1. The van der Waals surface area contributed by atoms with Crippen LogP contribution < -0.4 is 0 Å². The van der Waals surface area contributed by atoms with Crippen molar-refractivity contribution >= 4 is 0 Å². The molecule has 0 rings (SSSR count). The molecule has 0 aromatic heterocycles. The summed E-state index contributed by atoms with van der Waals surface area (Å²) < 4.78 is 5.36. The molecule has 0 atom stereocenters. The fourth-order valence-corrected chi connectivity index (χ4v) is 2.00. The van der Waals surface area contributed by atoms with Crippen LogP contribution in [0.4, 0.5) is 0 Å². The Morgan fingerprint density at radius 2 is 1.37 bits per heavy atom. The van der Waals surface area contributed by atoms with Gasteiger partial charge < -0.3 is 9.84 Å². The number of hydrogen-bond acceptors (Lipinski definition) is 2. The van der Waals surface area contributed by atoms with Crippen molar-refractivity contribution in [1.82, 2.24) is 0 Å². The minimum absolute atomic E-state index is 0.731. The maximum absolute atomic E-state index is 8.41. The van der Waals surface area contributed by atoms with Gasteiger partial charge in [0.25, 0.3) is 0 Å². The van der Waals surface area contributed by atoms with E-state index in [-0.39, 0.29) is 0 Å². The fourth-order valence-electron chi connectivity index (χ4n) is 2.00. The van der Waals surface area contributed by atoms with E-state index >= 15 is 0 Å². The number of hydrogen-bond donors (Lipinski definition) is 1. The molecule has 19 heavy (non-hydrogen) atoms. The maximum Gasteiger partial charge on any atom is 0.0873 e. The molecular weight excluding hydrogens is 236 g/mol. The number of aliphatic hydroxyl groups excluding tert-OH is 1. The summed E-state index contributed by atoms with van der Waals surface area (Å²) in [4.78, 5) is 0. The smallest absolute Gasteiger partial charge is 0.0873 e. The third-order valence-corrected chi connectivity index (χ3v) is 3.19. The lowest BCUT2D eigenvalue weighted by atomic mass is 10.1. The molecule has 0 aromatic rings. The van der Waals surface area contributed by atoms with Crippen LogP contribution >= 0.6 is 0 Å². The third kappa shape index (κ3) is 17.1. The standard InChI is InChI=1S/C17H32O2/c1-2-3-4-5-6-7-8-9-10-13-16-19-17-14-11-12-15-18/h12,14-15,17-18H,2-11,13,16H2,1H3. The summed E-state index contributed by atoms with van der Waals surface area (Å²) in [6.45, 7) is 3.08. The van der Waals surface area contributed by atoms with Crippen molar-refractivity contribution in [3.63, 3.8) is 0 Å². The van der Waals surface area contributed by atoms with Gasteiger partial charge in [-0.15, -0.1) is 0 Å². The first-order chi connectivity index (χ1) is 9.41. The second-order valence-electron chi connectivity index (χ2n) is 5.05. The van der Waals surface area contributed by atoms with Gasteiger partial charge >= 0.3 is 0 Å². The van der Waals surface area contributed by atoms with E-state index in [0.717, 1.165) is 25.7 Å². The summed E-state index contributed by atoms with van der Waals surface area (Å²) in [5.41, 5.74) is 0. The summed E-state index contributed by atoms with van der Waals surface area (Å²) in [5, 5.41) is 8.41. The van der Waals surface area contributed by atoms with Gasteiger partial charge in [-0.2, -0.15) is 0 Å². The molecule has 0 bridgehead atoms. The Labute approximate surface area is 119 Å². The molecule has 0 saturated heterocycles. The molecule has 0 unspecified atom stereocenters. The molecule has 0 heterocycles. The van der Waals surface area contributed by atoms with Gasteiger partial charge in [-0.3, -0.25) is 0 Å². The zero-order valence-corrected chi connectivity index (χ0v) is 12.7. The van der Waals surface area contributed by atoms with Crippen molar-refractivity contribution in [3.05, 3.63) is 24.7 Å². The van der Waals surface area contributed by atoms with E-state index < -0.39 is 0 Å². The van der Waals surface area contributed by atoms with E-state index in [0.29, 0.717) is 0 Å². The average molecular weight is 268 g/mol. The molecule has 2 nitrogen and oxygen atoms in total. The Hall–Kier alpha value is -0.920. The number of rotatable bonds is 14. The SMILES string of the molecule is CCCCCCCCCCCCOC=CCC=CO. The number of ether oxygens (including phenoxy) is 1. The van der Waals surface area contributed by atoms with Gasteiger partial charge in [-0.1, -0.05) is 64.7 Å². The van der Waals surface area contributed by atoms with Gasteiger partial charge in [-0.05, 0) is 25.0 Å². The first kappa shape index (κ1) is 18.1. The van der Waals surface area contributed by atoms with E-state index in [1.165, 1.54) is 57.8 Å². The highest BCUT2D eigenvalue weighted by atomic mass is 16.5. The Morgan fingerprint density at radius 1 is 0.789 bits per heavy atom. The first-order valence-electron chi connectivity index (χ1n) is 7.97. The lowest BCUT2D eigenvalue weighted by molar-refractivity contribution is 0.239. The molecule has 112 valence electrons. The van der Waals surface area contributed by atoms with Crippen LogP contribution in [0, 0.1) is 0 Å². The average Bonchev–Trinajstić information content (AvgIpc) is 2.43. The zero-order chi connectivity index (χ0) is 14.0. The summed E-state index contributed by atoms with van der Waals surface area (Å²) in [6.07, 6.45) is 20.6. The minimum atomic E-state index is 0.731. The van der Waals surface area contributed by atoms with Gasteiger partial charge in [0.05, 0.1) is 19.1 Å². The maximum atomic E-state index is 8.41. The normalized spacial score (nSPS) is 11.6. The monoisotopic (exact) mass is 268 g/mol. The van der Waals surface area contributed by atoms with Crippen LogP contribution in [0.15, 0.2) is 24.7 Å². The van der Waals surface area contributed by atoms with E-state index in [9.17, 15) is 0 Å². The predicted octanol–water partition coefficient (Wildman–Crippen LogP) is 5.90. The minimum Gasteiger partial charge on any atom is -0.516 e. The van der Waals surface area contributed by atoms with Gasteiger partial charge in [0.15, 0.2) is 0 Å².